The van der Waals surface area contributed by atoms with Gasteiger partial charge in [-0.25, -0.2) is 4.39 Å². The quantitative estimate of drug-likeness (QED) is 0.652. The van der Waals surface area contributed by atoms with Gasteiger partial charge < -0.3 is 9.84 Å². The van der Waals surface area contributed by atoms with Gasteiger partial charge in [-0.2, -0.15) is 4.98 Å². The summed E-state index contributed by atoms with van der Waals surface area (Å²) in [5, 5.41) is 18.2. The molecular formula is C15H17ClFN5O3. The van der Waals surface area contributed by atoms with Crippen LogP contribution in [0.2, 0.25) is 0 Å². The molecule has 1 aromatic carbocycles. The van der Waals surface area contributed by atoms with Crippen molar-refractivity contribution in [3.63, 3.8) is 0 Å². The van der Waals surface area contributed by atoms with Gasteiger partial charge >= 0.3 is 0 Å². The first-order valence-corrected chi connectivity index (χ1v) is 7.41. The fourth-order valence-corrected chi connectivity index (χ4v) is 2.52. The van der Waals surface area contributed by atoms with E-state index in [0.717, 1.165) is 31.8 Å². The third-order valence-corrected chi connectivity index (χ3v) is 3.86. The molecule has 8 nitrogen and oxygen atoms in total. The number of nitro benzene ring substituents is 1. The Bertz CT molecular complexity index is 782. The van der Waals surface area contributed by atoms with E-state index in [1.165, 1.54) is 18.2 Å². The number of hydrogen-bond acceptors (Lipinski definition) is 7. The first-order valence-electron chi connectivity index (χ1n) is 7.41. The van der Waals surface area contributed by atoms with Crippen LogP contribution in [0.4, 0.5) is 10.1 Å². The number of halogens is 2. The summed E-state index contributed by atoms with van der Waals surface area (Å²) in [6.07, 6.45) is 2.94. The van der Waals surface area contributed by atoms with Crippen LogP contribution in [-0.2, 0) is 0 Å². The first-order chi connectivity index (χ1) is 11.5. The van der Waals surface area contributed by atoms with Gasteiger partial charge in [0, 0.05) is 25.7 Å². The molecule has 1 N–H and O–H groups in total. The second-order valence-electron chi connectivity index (χ2n) is 5.48. The summed E-state index contributed by atoms with van der Waals surface area (Å²) in [5.41, 5.74) is -0.0557. The van der Waals surface area contributed by atoms with Crippen molar-refractivity contribution in [2.75, 3.05) is 26.7 Å². The Hall–Kier alpha value is -2.36. The zero-order valence-electron chi connectivity index (χ0n) is 13.4. The smallest absolute Gasteiger partial charge is 0.279 e. The molecule has 10 heteroatoms. The van der Waals surface area contributed by atoms with Gasteiger partial charge in [0.1, 0.15) is 5.82 Å². The molecule has 1 atom stereocenters. The molecule has 3 rings (SSSR count). The average Bonchev–Trinajstić information content (AvgIpc) is 3.02. The van der Waals surface area contributed by atoms with Crippen LogP contribution in [0.15, 0.2) is 22.7 Å². The molecular weight excluding hydrogens is 353 g/mol. The Morgan fingerprint density at radius 1 is 1.48 bits per heavy atom. The van der Waals surface area contributed by atoms with E-state index < -0.39 is 10.7 Å². The van der Waals surface area contributed by atoms with Crippen LogP contribution >= 0.6 is 12.4 Å². The molecule has 0 saturated carbocycles. The van der Waals surface area contributed by atoms with Gasteiger partial charge in [-0.1, -0.05) is 5.16 Å². The van der Waals surface area contributed by atoms with E-state index in [-0.39, 0.29) is 35.6 Å². The molecule has 134 valence electrons. The molecule has 1 saturated heterocycles. The Balaban J connectivity index is 0.00000225. The number of nitrogens with one attached hydrogen (secondary N) is 1. The van der Waals surface area contributed by atoms with Crippen LogP contribution < -0.4 is 5.32 Å². The molecule has 0 radical (unpaired) electrons. The number of nitrogens with zero attached hydrogens (tertiary/aromatic N) is 4. The third kappa shape index (κ3) is 4.38. The van der Waals surface area contributed by atoms with E-state index in [0.29, 0.717) is 5.82 Å². The van der Waals surface area contributed by atoms with E-state index >= 15 is 0 Å². The summed E-state index contributed by atoms with van der Waals surface area (Å²) in [4.78, 5) is 16.8. The highest BCUT2D eigenvalue weighted by Crippen LogP contribution is 2.23. The molecule has 1 aliphatic heterocycles. The third-order valence-electron chi connectivity index (χ3n) is 3.86. The van der Waals surface area contributed by atoms with Crippen molar-refractivity contribution in [1.29, 1.82) is 0 Å². The number of rotatable bonds is 4. The number of piperazine rings is 1. The second kappa shape index (κ2) is 8.15. The molecule has 0 aliphatic carbocycles. The minimum absolute atomic E-state index is 0. The molecule has 25 heavy (non-hydrogen) atoms. The van der Waals surface area contributed by atoms with Crippen molar-refractivity contribution >= 4 is 30.2 Å². The predicted molar refractivity (Wildman–Crippen MR) is 91.8 cm³/mol. The summed E-state index contributed by atoms with van der Waals surface area (Å²) in [6.45, 7) is 2.51. The van der Waals surface area contributed by atoms with Crippen LogP contribution in [-0.4, -0.2) is 46.6 Å². The molecule has 1 aromatic heterocycles. The van der Waals surface area contributed by atoms with Crippen molar-refractivity contribution in [1.82, 2.24) is 20.4 Å². The summed E-state index contributed by atoms with van der Waals surface area (Å²) >= 11 is 0. The molecule has 1 unspecified atom stereocenters. The summed E-state index contributed by atoms with van der Waals surface area (Å²) in [6, 6.07) is 3.39. The predicted octanol–water partition coefficient (Wildman–Crippen LogP) is 2.29. The fourth-order valence-electron chi connectivity index (χ4n) is 2.52. The van der Waals surface area contributed by atoms with Crippen molar-refractivity contribution in [2.24, 2.45) is 0 Å². The fraction of sp³-hybridized carbons (Fsp3) is 0.333. The van der Waals surface area contributed by atoms with Crippen LogP contribution in [0.25, 0.3) is 12.2 Å². The number of hydrogen-bond donors (Lipinski definition) is 1. The maximum Gasteiger partial charge on any atom is 0.279 e. The highest BCUT2D eigenvalue weighted by molar-refractivity contribution is 5.85. The highest BCUT2D eigenvalue weighted by Gasteiger charge is 2.24. The lowest BCUT2D eigenvalue weighted by atomic mass is 10.1. The minimum Gasteiger partial charge on any atom is -0.335 e. The van der Waals surface area contributed by atoms with Gasteiger partial charge in [-0.15, -0.1) is 12.4 Å². The SMILES string of the molecule is CN1CCNCC1c1noc(/C=C/c2ccc(F)cc2[N+](=O)[O-])n1.Cl. The monoisotopic (exact) mass is 369 g/mol. The van der Waals surface area contributed by atoms with Gasteiger partial charge in [0.2, 0.25) is 0 Å². The maximum atomic E-state index is 13.1. The van der Waals surface area contributed by atoms with Crippen molar-refractivity contribution < 1.29 is 13.8 Å². The number of likely N-dealkylation sites (N-methyl/N-ethyl adjacent to an activating group) is 1. The van der Waals surface area contributed by atoms with E-state index in [4.69, 9.17) is 4.52 Å². The maximum absolute atomic E-state index is 13.1. The normalized spacial score (nSPS) is 18.2. The molecule has 0 amide bonds. The van der Waals surface area contributed by atoms with E-state index in [9.17, 15) is 14.5 Å². The van der Waals surface area contributed by atoms with Crippen LogP contribution in [0, 0.1) is 15.9 Å². The lowest BCUT2D eigenvalue weighted by Gasteiger charge is -2.30. The number of aromatic nitrogens is 2. The van der Waals surface area contributed by atoms with Gasteiger partial charge in [-0.05, 0) is 25.3 Å². The Labute approximate surface area is 149 Å². The van der Waals surface area contributed by atoms with Crippen molar-refractivity contribution in [3.8, 4) is 0 Å². The largest absolute Gasteiger partial charge is 0.335 e. The molecule has 1 fully saturated rings. The standard InChI is InChI=1S/C15H16FN5O3.ClH/c1-20-7-6-17-9-13(20)15-18-14(24-19-15)5-3-10-2-4-11(16)8-12(10)21(22)23;/h2-5,8,13,17H,6-7,9H2,1H3;1H/b5-3+;. The van der Waals surface area contributed by atoms with Crippen molar-refractivity contribution in [3.05, 3.63) is 51.4 Å². The van der Waals surface area contributed by atoms with Gasteiger partial charge in [0.15, 0.2) is 5.82 Å². The number of nitro groups is 1. The van der Waals surface area contributed by atoms with E-state index in [1.54, 1.807) is 0 Å². The van der Waals surface area contributed by atoms with Gasteiger partial charge in [0.25, 0.3) is 11.6 Å². The zero-order valence-corrected chi connectivity index (χ0v) is 14.2. The van der Waals surface area contributed by atoms with Gasteiger partial charge in [-0.3, -0.25) is 15.0 Å². The highest BCUT2D eigenvalue weighted by atomic mass is 35.5. The molecule has 0 spiro atoms. The van der Waals surface area contributed by atoms with Gasteiger partial charge in [0.05, 0.1) is 22.6 Å². The Morgan fingerprint density at radius 2 is 2.28 bits per heavy atom. The Kier molecular flexibility index (Phi) is 6.18. The lowest BCUT2D eigenvalue weighted by molar-refractivity contribution is -0.385. The topological polar surface area (TPSA) is 97.3 Å². The van der Waals surface area contributed by atoms with E-state index in [1.807, 2.05) is 7.05 Å². The summed E-state index contributed by atoms with van der Waals surface area (Å²) in [7, 11) is 1.99. The second-order valence-corrected chi connectivity index (χ2v) is 5.48. The minimum atomic E-state index is -0.660. The molecule has 0 bridgehead atoms. The Morgan fingerprint density at radius 3 is 3.00 bits per heavy atom. The van der Waals surface area contributed by atoms with E-state index in [2.05, 4.69) is 20.4 Å². The average molecular weight is 370 g/mol. The lowest BCUT2D eigenvalue weighted by Crippen LogP contribution is -2.44. The summed E-state index contributed by atoms with van der Waals surface area (Å²) in [5.74, 6) is 0.132. The first kappa shape index (κ1) is 19.0. The molecule has 1 aliphatic rings. The van der Waals surface area contributed by atoms with Crippen LogP contribution in [0.3, 0.4) is 0 Å². The molecule has 2 heterocycles. The number of benzene rings is 1. The molecule has 2 aromatic rings. The van der Waals surface area contributed by atoms with Crippen molar-refractivity contribution in [2.45, 2.75) is 6.04 Å². The van der Waals surface area contributed by atoms with Crippen LogP contribution in [0.1, 0.15) is 23.3 Å². The van der Waals surface area contributed by atoms with Crippen LogP contribution in [0.5, 0.6) is 0 Å². The summed E-state index contributed by atoms with van der Waals surface area (Å²) < 4.78 is 18.3. The zero-order chi connectivity index (χ0) is 17.1.